The van der Waals surface area contributed by atoms with Crippen LogP contribution in [0.5, 0.6) is 0 Å². The number of rotatable bonds is 8. The van der Waals surface area contributed by atoms with Gasteiger partial charge in [0.05, 0.1) is 13.2 Å². The van der Waals surface area contributed by atoms with Gasteiger partial charge in [0.15, 0.2) is 0 Å². The van der Waals surface area contributed by atoms with Crippen LogP contribution >= 0.6 is 0 Å². The van der Waals surface area contributed by atoms with Crippen molar-refractivity contribution in [1.82, 2.24) is 5.32 Å². The largest absolute Gasteiger partial charge is 0.380 e. The lowest BCUT2D eigenvalue weighted by Crippen LogP contribution is -2.40. The van der Waals surface area contributed by atoms with E-state index in [0.29, 0.717) is 12.1 Å². The first-order valence-corrected chi connectivity index (χ1v) is 5.12. The van der Waals surface area contributed by atoms with Crippen LogP contribution in [0.4, 0.5) is 0 Å². The van der Waals surface area contributed by atoms with E-state index in [0.717, 1.165) is 26.4 Å². The highest BCUT2D eigenvalue weighted by molar-refractivity contribution is 4.66. The van der Waals surface area contributed by atoms with Gasteiger partial charge in [0.25, 0.3) is 0 Å². The van der Waals surface area contributed by atoms with E-state index in [4.69, 9.17) is 9.47 Å². The normalized spacial score (nSPS) is 15.7. The molecule has 13 heavy (non-hydrogen) atoms. The number of hydrogen-bond donors (Lipinski definition) is 1. The number of hydrogen-bond acceptors (Lipinski definition) is 3. The SMILES string of the molecule is CCOCC(C)NC(C)COCC. The Kier molecular flexibility index (Phi) is 8.40. The van der Waals surface area contributed by atoms with Crippen molar-refractivity contribution in [2.45, 2.75) is 39.8 Å². The first-order chi connectivity index (χ1) is 6.20. The van der Waals surface area contributed by atoms with Crippen LogP contribution < -0.4 is 5.32 Å². The maximum Gasteiger partial charge on any atom is 0.0616 e. The fourth-order valence-corrected chi connectivity index (χ4v) is 1.17. The summed E-state index contributed by atoms with van der Waals surface area (Å²) in [6, 6.07) is 0.797. The summed E-state index contributed by atoms with van der Waals surface area (Å²) in [5.74, 6) is 0. The highest BCUT2D eigenvalue weighted by atomic mass is 16.5. The second kappa shape index (κ2) is 8.48. The maximum atomic E-state index is 5.30. The van der Waals surface area contributed by atoms with Gasteiger partial charge in [0, 0.05) is 25.3 Å². The molecule has 2 atom stereocenters. The zero-order valence-corrected chi connectivity index (χ0v) is 9.30. The van der Waals surface area contributed by atoms with Gasteiger partial charge < -0.3 is 14.8 Å². The van der Waals surface area contributed by atoms with Crippen molar-refractivity contribution in [3.8, 4) is 0 Å². The molecule has 0 rings (SSSR count). The van der Waals surface area contributed by atoms with E-state index >= 15 is 0 Å². The Balaban J connectivity index is 3.35. The summed E-state index contributed by atoms with van der Waals surface area (Å²) in [6.45, 7) is 11.4. The van der Waals surface area contributed by atoms with E-state index in [-0.39, 0.29) is 0 Å². The molecule has 80 valence electrons. The minimum absolute atomic E-state index is 0.399. The molecule has 0 aliphatic carbocycles. The van der Waals surface area contributed by atoms with Crippen LogP contribution in [0, 0.1) is 0 Å². The predicted octanol–water partition coefficient (Wildman–Crippen LogP) is 1.43. The predicted molar refractivity (Wildman–Crippen MR) is 55.0 cm³/mol. The van der Waals surface area contributed by atoms with Crippen molar-refractivity contribution in [3.05, 3.63) is 0 Å². The Morgan fingerprint density at radius 2 is 1.31 bits per heavy atom. The second-order valence-corrected chi connectivity index (χ2v) is 3.29. The van der Waals surface area contributed by atoms with Crippen LogP contribution in [0.25, 0.3) is 0 Å². The van der Waals surface area contributed by atoms with Gasteiger partial charge in [-0.1, -0.05) is 0 Å². The van der Waals surface area contributed by atoms with Crippen LogP contribution in [-0.4, -0.2) is 38.5 Å². The molecule has 0 aliphatic rings. The van der Waals surface area contributed by atoms with Gasteiger partial charge in [0.1, 0.15) is 0 Å². The van der Waals surface area contributed by atoms with Crippen LogP contribution in [0.1, 0.15) is 27.7 Å². The lowest BCUT2D eigenvalue weighted by atomic mass is 10.3. The van der Waals surface area contributed by atoms with Crippen LogP contribution in [0.2, 0.25) is 0 Å². The third-order valence-corrected chi connectivity index (χ3v) is 1.71. The van der Waals surface area contributed by atoms with Crippen LogP contribution in [0.15, 0.2) is 0 Å². The molecule has 1 N–H and O–H groups in total. The van der Waals surface area contributed by atoms with Crippen LogP contribution in [-0.2, 0) is 9.47 Å². The first kappa shape index (κ1) is 12.9. The topological polar surface area (TPSA) is 30.5 Å². The Bertz CT molecular complexity index is 97.1. The summed E-state index contributed by atoms with van der Waals surface area (Å²) < 4.78 is 10.6. The van der Waals surface area contributed by atoms with Crippen molar-refractivity contribution in [1.29, 1.82) is 0 Å². The summed E-state index contributed by atoms with van der Waals surface area (Å²) in [6.07, 6.45) is 0. The minimum Gasteiger partial charge on any atom is -0.380 e. The van der Waals surface area contributed by atoms with E-state index in [9.17, 15) is 0 Å². The molecule has 0 spiro atoms. The van der Waals surface area contributed by atoms with Gasteiger partial charge in [-0.2, -0.15) is 0 Å². The molecule has 0 radical (unpaired) electrons. The van der Waals surface area contributed by atoms with E-state index < -0.39 is 0 Å². The molecular weight excluding hydrogens is 166 g/mol. The fraction of sp³-hybridized carbons (Fsp3) is 1.00. The van der Waals surface area contributed by atoms with Gasteiger partial charge in [-0.15, -0.1) is 0 Å². The van der Waals surface area contributed by atoms with Gasteiger partial charge in [-0.05, 0) is 27.7 Å². The van der Waals surface area contributed by atoms with Gasteiger partial charge in [-0.3, -0.25) is 0 Å². The third kappa shape index (κ3) is 8.22. The Morgan fingerprint density at radius 1 is 0.923 bits per heavy atom. The summed E-state index contributed by atoms with van der Waals surface area (Å²) >= 11 is 0. The Morgan fingerprint density at radius 3 is 1.62 bits per heavy atom. The molecule has 2 unspecified atom stereocenters. The molecule has 0 aromatic carbocycles. The van der Waals surface area contributed by atoms with Gasteiger partial charge in [-0.25, -0.2) is 0 Å². The van der Waals surface area contributed by atoms with Gasteiger partial charge >= 0.3 is 0 Å². The molecule has 0 bridgehead atoms. The van der Waals surface area contributed by atoms with E-state index in [1.807, 2.05) is 13.8 Å². The molecule has 0 aromatic rings. The second-order valence-electron chi connectivity index (χ2n) is 3.29. The lowest BCUT2D eigenvalue weighted by molar-refractivity contribution is 0.0998. The van der Waals surface area contributed by atoms with Crippen molar-refractivity contribution in [3.63, 3.8) is 0 Å². The zero-order valence-electron chi connectivity index (χ0n) is 9.30. The molecular formula is C10H23NO2. The van der Waals surface area contributed by atoms with Crippen molar-refractivity contribution < 1.29 is 9.47 Å². The first-order valence-electron chi connectivity index (χ1n) is 5.12. The maximum absolute atomic E-state index is 5.30. The van der Waals surface area contributed by atoms with Crippen LogP contribution in [0.3, 0.4) is 0 Å². The summed E-state index contributed by atoms with van der Waals surface area (Å²) in [4.78, 5) is 0. The quantitative estimate of drug-likeness (QED) is 0.626. The Labute approximate surface area is 81.8 Å². The molecule has 3 heteroatoms. The number of nitrogens with one attached hydrogen (secondary N) is 1. The molecule has 0 aromatic heterocycles. The monoisotopic (exact) mass is 189 g/mol. The lowest BCUT2D eigenvalue weighted by Gasteiger charge is -2.19. The molecule has 3 nitrogen and oxygen atoms in total. The molecule has 0 fully saturated rings. The molecule has 0 saturated carbocycles. The molecule has 0 aliphatic heterocycles. The number of ether oxygens (including phenoxy) is 2. The molecule has 0 amide bonds. The highest BCUT2D eigenvalue weighted by Crippen LogP contribution is 1.90. The summed E-state index contributed by atoms with van der Waals surface area (Å²) in [5.41, 5.74) is 0. The fourth-order valence-electron chi connectivity index (χ4n) is 1.17. The van der Waals surface area contributed by atoms with E-state index in [1.165, 1.54) is 0 Å². The zero-order chi connectivity index (χ0) is 10.1. The Hall–Kier alpha value is -0.120. The molecule has 0 heterocycles. The average Bonchev–Trinajstić information content (AvgIpc) is 2.11. The van der Waals surface area contributed by atoms with E-state index in [1.54, 1.807) is 0 Å². The average molecular weight is 189 g/mol. The third-order valence-electron chi connectivity index (χ3n) is 1.71. The standard InChI is InChI=1S/C10H23NO2/c1-5-12-7-9(3)11-10(4)8-13-6-2/h9-11H,5-8H2,1-4H3. The summed E-state index contributed by atoms with van der Waals surface area (Å²) in [7, 11) is 0. The molecule has 0 saturated heterocycles. The summed E-state index contributed by atoms with van der Waals surface area (Å²) in [5, 5.41) is 3.40. The van der Waals surface area contributed by atoms with E-state index in [2.05, 4.69) is 19.2 Å². The van der Waals surface area contributed by atoms with Gasteiger partial charge in [0.2, 0.25) is 0 Å². The van der Waals surface area contributed by atoms with Crippen molar-refractivity contribution in [2.24, 2.45) is 0 Å². The highest BCUT2D eigenvalue weighted by Gasteiger charge is 2.06. The van der Waals surface area contributed by atoms with Crippen molar-refractivity contribution in [2.75, 3.05) is 26.4 Å². The van der Waals surface area contributed by atoms with Crippen molar-refractivity contribution >= 4 is 0 Å². The smallest absolute Gasteiger partial charge is 0.0616 e. The minimum atomic E-state index is 0.399.